The predicted molar refractivity (Wildman–Crippen MR) is 165 cm³/mol. The molecule has 1 saturated carbocycles. The van der Waals surface area contributed by atoms with Gasteiger partial charge in [-0.05, 0) is 68.3 Å². The number of fused-ring (bicyclic) bond motifs is 3. The van der Waals surface area contributed by atoms with E-state index in [2.05, 4.69) is 10.4 Å². The summed E-state index contributed by atoms with van der Waals surface area (Å²) >= 11 is 0. The molecule has 0 saturated heterocycles. The van der Waals surface area contributed by atoms with Crippen molar-refractivity contribution in [2.75, 3.05) is 11.4 Å². The number of nitrogens with zero attached hydrogens (tertiary/aromatic N) is 4. The Morgan fingerprint density at radius 1 is 1.00 bits per heavy atom. The number of benzene rings is 3. The Morgan fingerprint density at radius 3 is 2.51 bits per heavy atom. The van der Waals surface area contributed by atoms with Gasteiger partial charge in [-0.25, -0.2) is 22.8 Å². The first kappa shape index (κ1) is 28.8. The zero-order valence-electron chi connectivity index (χ0n) is 24.5. The molecule has 0 bridgehead atoms. The molecule has 7 nitrogen and oxygen atoms in total. The summed E-state index contributed by atoms with van der Waals surface area (Å²) in [6, 6.07) is 21.6. The number of aryl methyl sites for hydroxylation is 1. The van der Waals surface area contributed by atoms with Crippen LogP contribution in [0.1, 0.15) is 40.9 Å². The van der Waals surface area contributed by atoms with E-state index >= 15 is 0 Å². The number of anilines is 1. The quantitative estimate of drug-likeness (QED) is 0.242. The Labute approximate surface area is 257 Å². The van der Waals surface area contributed by atoms with Crippen LogP contribution < -0.4 is 10.2 Å². The molecule has 2 aromatic heterocycles. The van der Waals surface area contributed by atoms with Crippen molar-refractivity contribution in [2.45, 2.75) is 44.6 Å². The molecule has 1 aliphatic carbocycles. The van der Waals surface area contributed by atoms with Crippen molar-refractivity contribution < 1.29 is 22.8 Å². The van der Waals surface area contributed by atoms with Crippen LogP contribution in [0.15, 0.2) is 85.1 Å². The molecular weight excluding hydrogens is 579 g/mol. The molecule has 1 aliphatic heterocycles. The van der Waals surface area contributed by atoms with E-state index in [4.69, 9.17) is 4.98 Å². The molecule has 5 aromatic rings. The van der Waals surface area contributed by atoms with Gasteiger partial charge in [-0.1, -0.05) is 30.3 Å². The van der Waals surface area contributed by atoms with E-state index in [1.165, 1.54) is 17.0 Å². The minimum absolute atomic E-state index is 0.0541. The van der Waals surface area contributed by atoms with Crippen LogP contribution in [0.3, 0.4) is 0 Å². The Kier molecular flexibility index (Phi) is 7.14. The highest BCUT2D eigenvalue weighted by Crippen LogP contribution is 2.44. The number of rotatable bonds is 5. The van der Waals surface area contributed by atoms with Gasteiger partial charge in [0.15, 0.2) is 0 Å². The van der Waals surface area contributed by atoms with Crippen LogP contribution in [0, 0.1) is 18.7 Å². The van der Waals surface area contributed by atoms with Crippen LogP contribution in [0.5, 0.6) is 0 Å². The van der Waals surface area contributed by atoms with E-state index in [1.54, 1.807) is 35.0 Å². The van der Waals surface area contributed by atoms with Gasteiger partial charge >= 0.3 is 0 Å². The fourth-order valence-electron chi connectivity index (χ4n) is 6.54. The molecule has 0 radical (unpaired) electrons. The molecule has 2 amide bonds. The van der Waals surface area contributed by atoms with Gasteiger partial charge in [-0.3, -0.25) is 9.59 Å². The number of nitrogens with one attached hydrogen (secondary N) is 1. The first-order chi connectivity index (χ1) is 21.7. The van der Waals surface area contributed by atoms with E-state index in [0.29, 0.717) is 34.3 Å². The van der Waals surface area contributed by atoms with Crippen molar-refractivity contribution in [1.82, 2.24) is 20.1 Å². The van der Waals surface area contributed by atoms with Crippen LogP contribution in [0.4, 0.5) is 18.9 Å². The lowest BCUT2D eigenvalue weighted by molar-refractivity contribution is -0.131. The highest BCUT2D eigenvalue weighted by Gasteiger charge is 2.47. The molecular formula is C35H30F3N5O2. The molecule has 3 heterocycles. The van der Waals surface area contributed by atoms with Gasteiger partial charge in [0.2, 0.25) is 11.8 Å². The Bertz CT molecular complexity index is 1920. The average molecular weight is 610 g/mol. The zero-order chi connectivity index (χ0) is 31.3. The maximum Gasteiger partial charge on any atom is 0.251 e. The minimum Gasteiger partial charge on any atom is -0.348 e. The van der Waals surface area contributed by atoms with Crippen molar-refractivity contribution in [1.29, 1.82) is 0 Å². The SMILES string of the molecule is Cc1ccn(-c2ccc(C(=O)N[C@@H]3CCC(F)(F)C[C@@H]3C(=O)N3CCc4c(-c5ccccc5)nc5ccc(F)cc5c43)cc2)n1. The fraction of sp³-hybridized carbons (Fsp3) is 0.257. The van der Waals surface area contributed by atoms with Crippen LogP contribution in [-0.4, -0.2) is 45.1 Å². The van der Waals surface area contributed by atoms with Crippen molar-refractivity contribution in [3.8, 4) is 16.9 Å². The summed E-state index contributed by atoms with van der Waals surface area (Å²) < 4.78 is 46.0. The monoisotopic (exact) mass is 609 g/mol. The van der Waals surface area contributed by atoms with Crippen molar-refractivity contribution in [3.05, 3.63) is 108 Å². The number of hydrogen-bond donors (Lipinski definition) is 1. The number of halogens is 3. The van der Waals surface area contributed by atoms with Crippen LogP contribution in [-0.2, 0) is 11.2 Å². The van der Waals surface area contributed by atoms with E-state index in [1.807, 2.05) is 49.5 Å². The highest BCUT2D eigenvalue weighted by atomic mass is 19.3. The average Bonchev–Trinajstić information content (AvgIpc) is 3.69. The first-order valence-electron chi connectivity index (χ1n) is 15.0. The Balaban J connectivity index is 1.20. The maximum atomic E-state index is 14.9. The smallest absolute Gasteiger partial charge is 0.251 e. The van der Waals surface area contributed by atoms with Gasteiger partial charge in [0.25, 0.3) is 5.91 Å². The van der Waals surface area contributed by atoms with E-state index in [9.17, 15) is 22.8 Å². The lowest BCUT2D eigenvalue weighted by Gasteiger charge is -2.37. The normalized spacial score (nSPS) is 19.0. The van der Waals surface area contributed by atoms with Crippen molar-refractivity contribution in [2.24, 2.45) is 5.92 Å². The summed E-state index contributed by atoms with van der Waals surface area (Å²) in [5.74, 6) is -5.68. The highest BCUT2D eigenvalue weighted by molar-refractivity contribution is 6.08. The van der Waals surface area contributed by atoms with E-state index in [-0.39, 0.29) is 13.0 Å². The molecule has 1 fully saturated rings. The molecule has 2 atom stereocenters. The van der Waals surface area contributed by atoms with Gasteiger partial charge in [0.05, 0.1) is 34.2 Å². The lowest BCUT2D eigenvalue weighted by atomic mass is 9.81. The maximum absolute atomic E-state index is 14.9. The van der Waals surface area contributed by atoms with Gasteiger partial charge in [-0.2, -0.15) is 5.10 Å². The number of hydrogen-bond acceptors (Lipinski definition) is 4. The third-order valence-corrected chi connectivity index (χ3v) is 8.76. The number of aromatic nitrogens is 3. The molecule has 0 unspecified atom stereocenters. The molecule has 0 spiro atoms. The van der Waals surface area contributed by atoms with Crippen molar-refractivity contribution in [3.63, 3.8) is 0 Å². The molecule has 7 rings (SSSR count). The fourth-order valence-corrected chi connectivity index (χ4v) is 6.54. The first-order valence-corrected chi connectivity index (χ1v) is 15.0. The lowest BCUT2D eigenvalue weighted by Crippen LogP contribution is -2.52. The summed E-state index contributed by atoms with van der Waals surface area (Å²) in [5, 5.41) is 7.70. The molecule has 3 aromatic carbocycles. The van der Waals surface area contributed by atoms with Crippen LogP contribution in [0.2, 0.25) is 0 Å². The second-order valence-electron chi connectivity index (χ2n) is 11.8. The zero-order valence-corrected chi connectivity index (χ0v) is 24.5. The third kappa shape index (κ3) is 5.45. The second kappa shape index (κ2) is 11.2. The number of alkyl halides is 2. The number of pyridine rings is 1. The summed E-state index contributed by atoms with van der Waals surface area (Å²) in [6.45, 7) is 2.12. The predicted octanol–water partition coefficient (Wildman–Crippen LogP) is 6.66. The van der Waals surface area contributed by atoms with E-state index in [0.717, 1.165) is 22.5 Å². The number of amides is 2. The van der Waals surface area contributed by atoms with Crippen LogP contribution in [0.25, 0.3) is 27.8 Å². The molecule has 228 valence electrons. The third-order valence-electron chi connectivity index (χ3n) is 8.76. The van der Waals surface area contributed by atoms with Gasteiger partial charge < -0.3 is 10.2 Å². The number of carbonyl (C=O) groups is 2. The molecule has 10 heteroatoms. The molecule has 1 N–H and O–H groups in total. The minimum atomic E-state index is -3.06. The van der Waals surface area contributed by atoms with E-state index < -0.39 is 48.4 Å². The molecule has 45 heavy (non-hydrogen) atoms. The van der Waals surface area contributed by atoms with Crippen LogP contribution >= 0.6 is 0 Å². The summed E-state index contributed by atoms with van der Waals surface area (Å²) in [4.78, 5) is 33.9. The largest absolute Gasteiger partial charge is 0.348 e. The standard InChI is InChI=1S/C35H30F3N5O2/c1-21-14-18-43(41-21)25-10-7-23(8-11-25)33(44)40-30-13-16-35(37,38)20-28(30)34(45)42-17-15-26-31(22-5-3-2-4-6-22)39-29-12-9-24(36)19-27(29)32(26)42/h2-12,14,18-19,28,30H,13,15-17,20H2,1H3,(H,40,44)/t28-,30+/m0/s1. The Morgan fingerprint density at radius 2 is 1.78 bits per heavy atom. The topological polar surface area (TPSA) is 80.1 Å². The summed E-state index contributed by atoms with van der Waals surface area (Å²) in [5.41, 5.74) is 5.25. The van der Waals surface area contributed by atoms with Gasteiger partial charge in [-0.15, -0.1) is 0 Å². The summed E-state index contributed by atoms with van der Waals surface area (Å²) in [7, 11) is 0. The van der Waals surface area contributed by atoms with Crippen molar-refractivity contribution >= 4 is 28.4 Å². The Hall–Kier alpha value is -4.99. The number of carbonyl (C=O) groups excluding carboxylic acids is 2. The summed E-state index contributed by atoms with van der Waals surface area (Å²) in [6.07, 6.45) is 1.07. The molecule has 2 aliphatic rings. The second-order valence-corrected chi connectivity index (χ2v) is 11.8. The van der Waals surface area contributed by atoms with Gasteiger partial charge in [0.1, 0.15) is 5.82 Å². The van der Waals surface area contributed by atoms with Gasteiger partial charge in [0, 0.05) is 53.7 Å².